The smallest absolute Gasteiger partial charge is 0.405 e. The minimum absolute atomic E-state index is 0.152. The van der Waals surface area contributed by atoms with Gasteiger partial charge in [0.2, 0.25) is 5.91 Å². The molecule has 3 fully saturated rings. The van der Waals surface area contributed by atoms with Crippen molar-refractivity contribution >= 4 is 5.91 Å². The second-order valence-corrected chi connectivity index (χ2v) is 11.9. The van der Waals surface area contributed by atoms with Crippen LogP contribution >= 0.6 is 0 Å². The first-order chi connectivity index (χ1) is 18.9. The molecule has 6 rings (SSSR count). The Bertz CT molecular complexity index is 1170. The van der Waals surface area contributed by atoms with E-state index in [1.807, 2.05) is 6.07 Å². The molecule has 3 aliphatic heterocycles. The van der Waals surface area contributed by atoms with Crippen LogP contribution in [0.4, 0.5) is 13.2 Å². The number of nitrogens with one attached hydrogen (secondary N) is 2. The van der Waals surface area contributed by atoms with Crippen molar-refractivity contribution in [3.8, 4) is 5.75 Å². The van der Waals surface area contributed by atoms with E-state index in [4.69, 9.17) is 0 Å². The zero-order chi connectivity index (χ0) is 27.0. The minimum atomic E-state index is -4.76. The molecule has 210 valence electrons. The normalized spacial score (nSPS) is 29.8. The molecule has 0 bridgehead atoms. The van der Waals surface area contributed by atoms with E-state index in [2.05, 4.69) is 50.6 Å². The maximum Gasteiger partial charge on any atom is 0.573 e. The van der Waals surface area contributed by atoms with Crippen LogP contribution in [0.25, 0.3) is 0 Å². The van der Waals surface area contributed by atoms with Gasteiger partial charge in [0.1, 0.15) is 5.75 Å². The van der Waals surface area contributed by atoms with Crippen molar-refractivity contribution in [3.05, 3.63) is 65.2 Å². The van der Waals surface area contributed by atoms with E-state index in [0.717, 1.165) is 37.8 Å². The molecule has 1 saturated carbocycles. The van der Waals surface area contributed by atoms with Crippen molar-refractivity contribution in [1.29, 1.82) is 0 Å². The van der Waals surface area contributed by atoms with E-state index in [1.165, 1.54) is 30.9 Å². The van der Waals surface area contributed by atoms with Crippen LogP contribution < -0.4 is 15.4 Å². The van der Waals surface area contributed by atoms with Gasteiger partial charge in [-0.2, -0.15) is 0 Å². The summed E-state index contributed by atoms with van der Waals surface area (Å²) >= 11 is 0. The summed E-state index contributed by atoms with van der Waals surface area (Å²) in [6.45, 7) is 2.64. The van der Waals surface area contributed by atoms with Crippen LogP contribution in [0.2, 0.25) is 0 Å². The summed E-state index contributed by atoms with van der Waals surface area (Å²) < 4.78 is 44.0. The Balaban J connectivity index is 1.31. The Morgan fingerprint density at radius 2 is 1.72 bits per heavy atom. The summed E-state index contributed by atoms with van der Waals surface area (Å²) in [5.74, 6) is 0.580. The molecule has 1 aliphatic carbocycles. The van der Waals surface area contributed by atoms with E-state index in [1.54, 1.807) is 6.07 Å². The average molecular weight is 542 g/mol. The fourth-order valence-electron chi connectivity index (χ4n) is 7.96. The van der Waals surface area contributed by atoms with E-state index >= 15 is 0 Å². The lowest BCUT2D eigenvalue weighted by Gasteiger charge is -2.48. The number of carbonyl (C=O) groups is 1. The van der Waals surface area contributed by atoms with Gasteiger partial charge in [-0.1, -0.05) is 61.7 Å². The number of ether oxygens (including phenoxy) is 1. The fraction of sp³-hybridized carbons (Fsp3) is 0.581. The van der Waals surface area contributed by atoms with Gasteiger partial charge in [-0.15, -0.1) is 13.2 Å². The molecule has 8 heteroatoms. The molecule has 3 heterocycles. The third kappa shape index (κ3) is 5.18. The second kappa shape index (κ2) is 10.8. The topological polar surface area (TPSA) is 53.6 Å². The van der Waals surface area contributed by atoms with Crippen LogP contribution in [-0.2, 0) is 16.8 Å². The Morgan fingerprint density at radius 1 is 0.949 bits per heavy atom. The quantitative estimate of drug-likeness (QED) is 0.537. The molecule has 2 aromatic rings. The van der Waals surface area contributed by atoms with Crippen molar-refractivity contribution in [1.82, 2.24) is 15.5 Å². The Morgan fingerprint density at radius 3 is 2.49 bits per heavy atom. The number of likely N-dealkylation sites (tertiary alicyclic amines) is 1. The summed E-state index contributed by atoms with van der Waals surface area (Å²) in [7, 11) is 0. The number of hydrogen-bond acceptors (Lipinski definition) is 4. The van der Waals surface area contributed by atoms with Crippen molar-refractivity contribution in [3.63, 3.8) is 0 Å². The highest BCUT2D eigenvalue weighted by Crippen LogP contribution is 2.46. The maximum atomic E-state index is 14.5. The van der Waals surface area contributed by atoms with Crippen LogP contribution in [0, 0.1) is 11.8 Å². The molecule has 1 amide bonds. The summed E-state index contributed by atoms with van der Waals surface area (Å²) in [6.07, 6.45) is 3.16. The van der Waals surface area contributed by atoms with Crippen molar-refractivity contribution < 1.29 is 22.7 Å². The number of carbonyl (C=O) groups excluding carboxylic acids is 1. The van der Waals surface area contributed by atoms with Crippen LogP contribution in [0.3, 0.4) is 0 Å². The number of benzene rings is 2. The Labute approximate surface area is 228 Å². The lowest BCUT2D eigenvalue weighted by atomic mass is 9.67. The van der Waals surface area contributed by atoms with Gasteiger partial charge in [-0.05, 0) is 54.7 Å². The van der Waals surface area contributed by atoms with Crippen molar-refractivity contribution in [2.45, 2.75) is 75.2 Å². The standard InChI is InChI=1S/C31H38F3N3O2/c32-31(33,34)39-28-13-7-12-25-24(28)17-35-19-30(25)20-36-18-26(30)29(38)37-15-14-23(21-8-3-1-4-9-21)16-27(37)22-10-5-2-6-11-22/h1,3-4,7-9,12-13,22-23,26-27,35-36H,2,5-6,10-11,14-20H2/t23-,26+,27+,30+/m1/s1. The fourth-order valence-corrected chi connectivity index (χ4v) is 7.96. The second-order valence-electron chi connectivity index (χ2n) is 11.9. The molecular formula is C31H38F3N3O2. The maximum absolute atomic E-state index is 14.5. The number of alkyl halides is 3. The number of amides is 1. The lowest BCUT2D eigenvalue weighted by molar-refractivity contribution is -0.275. The van der Waals surface area contributed by atoms with Crippen LogP contribution in [0.15, 0.2) is 48.5 Å². The van der Waals surface area contributed by atoms with E-state index in [0.29, 0.717) is 37.0 Å². The van der Waals surface area contributed by atoms with Gasteiger partial charge in [-0.3, -0.25) is 4.79 Å². The highest BCUT2D eigenvalue weighted by Gasteiger charge is 2.53. The van der Waals surface area contributed by atoms with E-state index < -0.39 is 11.8 Å². The van der Waals surface area contributed by atoms with E-state index in [-0.39, 0.29) is 30.2 Å². The molecule has 0 aromatic heterocycles. The van der Waals surface area contributed by atoms with Crippen molar-refractivity contribution in [2.24, 2.45) is 11.8 Å². The molecule has 5 nitrogen and oxygen atoms in total. The molecule has 2 N–H and O–H groups in total. The number of piperidine rings is 1. The number of nitrogens with zero attached hydrogens (tertiary/aromatic N) is 1. The predicted molar refractivity (Wildman–Crippen MR) is 143 cm³/mol. The molecule has 4 aliphatic rings. The first-order valence-corrected chi connectivity index (χ1v) is 14.5. The molecule has 0 radical (unpaired) electrons. The third-order valence-corrected chi connectivity index (χ3v) is 9.78. The number of hydrogen-bond donors (Lipinski definition) is 2. The molecular weight excluding hydrogens is 503 g/mol. The molecule has 2 saturated heterocycles. The number of fused-ring (bicyclic) bond motifs is 2. The molecule has 0 unspecified atom stereocenters. The average Bonchev–Trinajstić information content (AvgIpc) is 3.37. The van der Waals surface area contributed by atoms with Gasteiger partial charge < -0.3 is 20.3 Å². The zero-order valence-electron chi connectivity index (χ0n) is 22.3. The minimum Gasteiger partial charge on any atom is -0.405 e. The first kappa shape index (κ1) is 26.6. The molecule has 4 atom stereocenters. The Hall–Kier alpha value is -2.58. The zero-order valence-corrected chi connectivity index (χ0v) is 22.3. The van der Waals surface area contributed by atoms with Gasteiger partial charge in [0.25, 0.3) is 0 Å². The van der Waals surface area contributed by atoms with Gasteiger partial charge in [0.15, 0.2) is 0 Å². The number of rotatable bonds is 4. The van der Waals surface area contributed by atoms with Gasteiger partial charge >= 0.3 is 6.36 Å². The van der Waals surface area contributed by atoms with Gasteiger partial charge in [-0.25, -0.2) is 0 Å². The summed E-state index contributed by atoms with van der Waals surface area (Å²) in [5.41, 5.74) is 2.06. The SMILES string of the molecule is O=C([C@@H]1CNC[C@]12CNCc1c(OC(F)(F)F)cccc12)N1CC[C@@H](c2ccccc2)C[C@H]1C1CCCCC1. The third-order valence-electron chi connectivity index (χ3n) is 9.78. The van der Waals surface area contributed by atoms with Gasteiger partial charge in [0, 0.05) is 49.7 Å². The van der Waals surface area contributed by atoms with Crippen LogP contribution in [0.1, 0.15) is 67.6 Å². The molecule has 1 spiro atoms. The Kier molecular flexibility index (Phi) is 7.35. The van der Waals surface area contributed by atoms with Crippen LogP contribution in [0.5, 0.6) is 5.75 Å². The lowest BCUT2D eigenvalue weighted by Crippen LogP contribution is -2.57. The number of halogens is 3. The van der Waals surface area contributed by atoms with Crippen molar-refractivity contribution in [2.75, 3.05) is 26.2 Å². The first-order valence-electron chi connectivity index (χ1n) is 14.5. The van der Waals surface area contributed by atoms with Gasteiger partial charge in [0.05, 0.1) is 5.92 Å². The monoisotopic (exact) mass is 541 g/mol. The summed E-state index contributed by atoms with van der Waals surface area (Å²) in [6, 6.07) is 15.8. The summed E-state index contributed by atoms with van der Waals surface area (Å²) in [4.78, 5) is 16.7. The predicted octanol–water partition coefficient (Wildman–Crippen LogP) is 5.50. The highest BCUT2D eigenvalue weighted by molar-refractivity contribution is 5.82. The highest BCUT2D eigenvalue weighted by atomic mass is 19.4. The molecule has 2 aromatic carbocycles. The van der Waals surface area contributed by atoms with E-state index in [9.17, 15) is 18.0 Å². The largest absolute Gasteiger partial charge is 0.573 e. The summed E-state index contributed by atoms with van der Waals surface area (Å²) in [5, 5.41) is 6.77. The molecule has 39 heavy (non-hydrogen) atoms. The van der Waals surface area contributed by atoms with Crippen LogP contribution in [-0.4, -0.2) is 49.4 Å².